The van der Waals surface area contributed by atoms with E-state index in [4.69, 9.17) is 25.2 Å². The highest BCUT2D eigenvalue weighted by atomic mass is 32.2. The van der Waals surface area contributed by atoms with Crippen LogP contribution < -0.4 is 0 Å². The van der Waals surface area contributed by atoms with Gasteiger partial charge in [-0.05, 0) is 31.5 Å². The number of nitro groups is 1. The molecule has 0 aliphatic heterocycles. The van der Waals surface area contributed by atoms with Crippen LogP contribution in [0, 0.1) is 34.1 Å². The number of aromatic nitrogens is 1. The lowest BCUT2D eigenvalue weighted by atomic mass is 9.97. The number of rotatable bonds is 7. The molecule has 1 heterocycles. The summed E-state index contributed by atoms with van der Waals surface area (Å²) in [6.07, 6.45) is 0. The SMILES string of the molecule is Cc1nc(C)c(S(=O)(=O)c2ccccc2)c(-c2cccc([N+](=O)[O-])c2)c1C(=O)OCCO.O=[N+]([O-])O. The maximum Gasteiger partial charge on any atom is 0.340 e. The Labute approximate surface area is 204 Å². The van der Waals surface area contributed by atoms with Gasteiger partial charge in [0.25, 0.3) is 10.8 Å². The number of sulfone groups is 1. The number of nitro benzene ring substituents is 1. The summed E-state index contributed by atoms with van der Waals surface area (Å²) < 4.78 is 32.3. The number of hydrogen-bond acceptors (Lipinski definition) is 10. The predicted molar refractivity (Wildman–Crippen MR) is 124 cm³/mol. The Kier molecular flexibility index (Phi) is 9.13. The number of non-ortho nitro benzene ring substituents is 1. The van der Waals surface area contributed by atoms with E-state index in [-0.39, 0.29) is 50.2 Å². The molecular formula is C22H21N3O10S. The van der Waals surface area contributed by atoms with Crippen molar-refractivity contribution in [2.24, 2.45) is 0 Å². The fourth-order valence-corrected chi connectivity index (χ4v) is 5.06. The second-order valence-corrected chi connectivity index (χ2v) is 8.97. The van der Waals surface area contributed by atoms with E-state index in [0.29, 0.717) is 0 Å². The zero-order chi connectivity index (χ0) is 27.0. The molecule has 2 N–H and O–H groups in total. The Morgan fingerprint density at radius 1 is 1.03 bits per heavy atom. The van der Waals surface area contributed by atoms with Crippen molar-refractivity contribution in [3.05, 3.63) is 91.8 Å². The van der Waals surface area contributed by atoms with Gasteiger partial charge in [0.1, 0.15) is 11.5 Å². The van der Waals surface area contributed by atoms with Crippen LogP contribution in [0.4, 0.5) is 5.69 Å². The van der Waals surface area contributed by atoms with Crippen LogP contribution >= 0.6 is 0 Å². The quantitative estimate of drug-likeness (QED) is 0.264. The highest BCUT2D eigenvalue weighted by molar-refractivity contribution is 7.91. The molecule has 36 heavy (non-hydrogen) atoms. The van der Waals surface area contributed by atoms with Crippen molar-refractivity contribution >= 4 is 21.5 Å². The number of aliphatic hydroxyl groups excluding tert-OH is 1. The lowest BCUT2D eigenvalue weighted by Crippen LogP contribution is -2.17. The summed E-state index contributed by atoms with van der Waals surface area (Å²) in [7, 11) is -4.16. The third-order valence-electron chi connectivity index (χ3n) is 4.70. The number of esters is 1. The molecule has 3 aromatic rings. The van der Waals surface area contributed by atoms with Gasteiger partial charge in [0.15, 0.2) is 0 Å². The molecule has 0 aliphatic carbocycles. The van der Waals surface area contributed by atoms with Crippen LogP contribution in [0.25, 0.3) is 11.1 Å². The highest BCUT2D eigenvalue weighted by Gasteiger charge is 2.32. The number of hydrogen-bond donors (Lipinski definition) is 2. The predicted octanol–water partition coefficient (Wildman–Crippen LogP) is 2.91. The van der Waals surface area contributed by atoms with Gasteiger partial charge in [0.05, 0.1) is 33.4 Å². The summed E-state index contributed by atoms with van der Waals surface area (Å²) in [6, 6.07) is 13.0. The first-order chi connectivity index (χ1) is 16.9. The topological polar surface area (TPSA) is 200 Å². The molecular weight excluding hydrogens is 498 g/mol. The van der Waals surface area contributed by atoms with E-state index in [1.54, 1.807) is 18.2 Å². The summed E-state index contributed by atoms with van der Waals surface area (Å²) >= 11 is 0. The average Bonchev–Trinajstić information content (AvgIpc) is 2.82. The third-order valence-corrected chi connectivity index (χ3v) is 6.63. The van der Waals surface area contributed by atoms with Crippen molar-refractivity contribution in [2.75, 3.05) is 13.2 Å². The Morgan fingerprint density at radius 3 is 2.19 bits per heavy atom. The number of aryl methyl sites for hydroxylation is 2. The van der Waals surface area contributed by atoms with Crippen molar-refractivity contribution in [3.8, 4) is 11.1 Å². The average molecular weight is 519 g/mol. The summed E-state index contributed by atoms with van der Waals surface area (Å²) in [5.74, 6) is -0.893. The Bertz CT molecular complexity index is 1390. The third kappa shape index (κ3) is 6.37. The smallest absolute Gasteiger partial charge is 0.340 e. The fraction of sp³-hybridized carbons (Fsp3) is 0.182. The zero-order valence-corrected chi connectivity index (χ0v) is 19.8. The number of aliphatic hydroxyl groups is 1. The number of pyridine rings is 1. The molecule has 0 saturated heterocycles. The van der Waals surface area contributed by atoms with Crippen LogP contribution in [0.2, 0.25) is 0 Å². The van der Waals surface area contributed by atoms with Gasteiger partial charge < -0.3 is 15.1 Å². The second-order valence-electron chi connectivity index (χ2n) is 7.08. The van der Waals surface area contributed by atoms with Gasteiger partial charge >= 0.3 is 5.97 Å². The van der Waals surface area contributed by atoms with Crippen molar-refractivity contribution < 1.29 is 38.3 Å². The van der Waals surface area contributed by atoms with Crippen LogP contribution in [-0.2, 0) is 14.6 Å². The molecule has 0 bridgehead atoms. The molecule has 0 unspecified atom stereocenters. The summed E-state index contributed by atoms with van der Waals surface area (Å²) in [6.45, 7) is 2.28. The lowest BCUT2D eigenvalue weighted by molar-refractivity contribution is -0.742. The van der Waals surface area contributed by atoms with Gasteiger partial charge in [0, 0.05) is 17.7 Å². The summed E-state index contributed by atoms with van der Waals surface area (Å²) in [5, 5.41) is 34.0. The molecule has 0 atom stereocenters. The van der Waals surface area contributed by atoms with Gasteiger partial charge in [-0.2, -0.15) is 0 Å². The summed E-state index contributed by atoms with van der Waals surface area (Å²) in [4.78, 5) is 35.9. The molecule has 0 amide bonds. The maximum absolute atomic E-state index is 13.6. The van der Waals surface area contributed by atoms with Gasteiger partial charge in [-0.1, -0.05) is 30.3 Å². The second kappa shape index (κ2) is 11.8. The molecule has 3 rings (SSSR count). The van der Waals surface area contributed by atoms with Crippen molar-refractivity contribution in [1.29, 1.82) is 0 Å². The van der Waals surface area contributed by atoms with Gasteiger partial charge in [-0.15, -0.1) is 10.1 Å². The van der Waals surface area contributed by atoms with E-state index in [1.165, 1.54) is 50.2 Å². The van der Waals surface area contributed by atoms with Crippen molar-refractivity contribution in [1.82, 2.24) is 4.98 Å². The van der Waals surface area contributed by atoms with Crippen LogP contribution in [0.3, 0.4) is 0 Å². The molecule has 2 aromatic carbocycles. The molecule has 0 saturated carbocycles. The lowest BCUT2D eigenvalue weighted by Gasteiger charge is -2.19. The first-order valence-corrected chi connectivity index (χ1v) is 11.6. The molecule has 0 aliphatic rings. The molecule has 1 aromatic heterocycles. The number of benzene rings is 2. The number of ether oxygens (including phenoxy) is 1. The van der Waals surface area contributed by atoms with Crippen molar-refractivity contribution in [2.45, 2.75) is 23.6 Å². The van der Waals surface area contributed by atoms with Crippen LogP contribution in [-0.4, -0.2) is 52.9 Å². The molecule has 13 nitrogen and oxygen atoms in total. The van der Waals surface area contributed by atoms with Crippen LogP contribution in [0.1, 0.15) is 21.7 Å². The molecule has 190 valence electrons. The standard InChI is InChI=1S/C22H20N2O7S.HNO3/c1-14-19(22(26)31-12-11-25)20(16-7-6-8-17(13-16)24(27)28)21(15(2)23-14)32(29,30)18-9-4-3-5-10-18;2-1(3)4/h3-10,13,25H,11-12H2,1-2H3;(H,2,3,4). The molecule has 0 fully saturated rings. The van der Waals surface area contributed by atoms with E-state index in [2.05, 4.69) is 4.98 Å². The minimum absolute atomic E-state index is 0.0184. The van der Waals surface area contributed by atoms with Gasteiger partial charge in [0.2, 0.25) is 9.84 Å². The van der Waals surface area contributed by atoms with E-state index >= 15 is 0 Å². The summed E-state index contributed by atoms with van der Waals surface area (Å²) in [5.41, 5.74) is 0.0284. The maximum atomic E-state index is 13.6. The Hall–Kier alpha value is -4.43. The minimum Gasteiger partial charge on any atom is -0.460 e. The van der Waals surface area contributed by atoms with Crippen LogP contribution in [0.5, 0.6) is 0 Å². The van der Waals surface area contributed by atoms with E-state index in [1.807, 2.05) is 0 Å². The zero-order valence-electron chi connectivity index (χ0n) is 19.0. The van der Waals surface area contributed by atoms with E-state index in [0.717, 1.165) is 0 Å². The highest BCUT2D eigenvalue weighted by Crippen LogP contribution is 2.38. The normalized spacial score (nSPS) is 10.6. The number of carbonyl (C=O) groups excluding carboxylic acids is 1. The molecule has 14 heteroatoms. The van der Waals surface area contributed by atoms with Crippen LogP contribution in [0.15, 0.2) is 64.4 Å². The minimum atomic E-state index is -4.16. The van der Waals surface area contributed by atoms with E-state index in [9.17, 15) is 23.3 Å². The molecule has 0 spiro atoms. The first-order valence-electron chi connectivity index (χ1n) is 10.1. The largest absolute Gasteiger partial charge is 0.460 e. The first kappa shape index (κ1) is 27.8. The van der Waals surface area contributed by atoms with Gasteiger partial charge in [-0.3, -0.25) is 15.1 Å². The molecule has 0 radical (unpaired) electrons. The number of nitrogens with zero attached hydrogens (tertiary/aromatic N) is 3. The fourth-order valence-electron chi connectivity index (χ4n) is 3.39. The van der Waals surface area contributed by atoms with Gasteiger partial charge in [-0.25, -0.2) is 13.2 Å². The van der Waals surface area contributed by atoms with E-state index < -0.39 is 32.4 Å². The number of carbonyl (C=O) groups is 1. The Balaban J connectivity index is 0.00000106. The monoisotopic (exact) mass is 519 g/mol. The Morgan fingerprint density at radius 2 is 1.64 bits per heavy atom. The van der Waals surface area contributed by atoms with Crippen molar-refractivity contribution in [3.63, 3.8) is 0 Å².